The third kappa shape index (κ3) is 4.37. The Morgan fingerprint density at radius 1 is 1.15 bits per heavy atom. The van der Waals surface area contributed by atoms with Gasteiger partial charge in [-0.05, 0) is 31.9 Å². The minimum atomic E-state index is -3.91. The molecule has 3 rings (SSSR count). The van der Waals surface area contributed by atoms with Crippen LogP contribution in [0, 0.1) is 13.8 Å². The van der Waals surface area contributed by atoms with Gasteiger partial charge in [0.25, 0.3) is 10.0 Å². The maximum Gasteiger partial charge on any atom is 0.334 e. The third-order valence-corrected chi connectivity index (χ3v) is 7.95. The lowest BCUT2D eigenvalue weighted by Crippen LogP contribution is -2.33. The highest BCUT2D eigenvalue weighted by atomic mass is 32.2. The Kier molecular flexibility index (Phi) is 5.64. The molecule has 2 N–H and O–H groups in total. The second kappa shape index (κ2) is 7.79. The molecular formula is C18H19N3O3S3. The zero-order valence-electron chi connectivity index (χ0n) is 15.1. The summed E-state index contributed by atoms with van der Waals surface area (Å²) >= 11 is 2.47. The van der Waals surface area contributed by atoms with E-state index in [1.54, 1.807) is 6.07 Å². The van der Waals surface area contributed by atoms with Gasteiger partial charge in [0, 0.05) is 15.3 Å². The molecule has 3 aromatic rings. The molecule has 0 aliphatic carbocycles. The van der Waals surface area contributed by atoms with E-state index < -0.39 is 16.1 Å². The van der Waals surface area contributed by atoms with Gasteiger partial charge in [-0.15, -0.1) is 22.7 Å². The Hall–Kier alpha value is -2.23. The summed E-state index contributed by atoms with van der Waals surface area (Å²) in [7, 11) is -3.91. The van der Waals surface area contributed by atoms with Gasteiger partial charge in [0.05, 0.1) is 5.69 Å². The largest absolute Gasteiger partial charge is 0.334 e. The van der Waals surface area contributed by atoms with Crippen molar-refractivity contribution < 1.29 is 13.2 Å². The van der Waals surface area contributed by atoms with Crippen LogP contribution in [-0.4, -0.2) is 19.4 Å². The van der Waals surface area contributed by atoms with Crippen molar-refractivity contribution in [1.82, 2.24) is 9.71 Å². The van der Waals surface area contributed by atoms with Crippen LogP contribution in [0.2, 0.25) is 0 Å². The number of amides is 2. The average molecular weight is 422 g/mol. The smallest absolute Gasteiger partial charge is 0.283 e. The number of hydrogen-bond donors (Lipinski definition) is 2. The molecule has 142 valence electrons. The normalized spacial score (nSPS) is 11.4. The first kappa shape index (κ1) is 19.5. The highest BCUT2D eigenvalue weighted by Gasteiger charge is 2.22. The molecule has 0 unspecified atom stereocenters. The first-order valence-electron chi connectivity index (χ1n) is 8.26. The molecule has 1 aromatic carbocycles. The van der Waals surface area contributed by atoms with E-state index in [1.165, 1.54) is 22.7 Å². The van der Waals surface area contributed by atoms with Gasteiger partial charge in [-0.1, -0.05) is 37.3 Å². The summed E-state index contributed by atoms with van der Waals surface area (Å²) in [5.41, 5.74) is 2.61. The summed E-state index contributed by atoms with van der Waals surface area (Å²) in [4.78, 5) is 18.5. The number of benzene rings is 1. The number of urea groups is 1. The second-order valence-electron chi connectivity index (χ2n) is 5.87. The number of hydrogen-bond acceptors (Lipinski definition) is 6. The van der Waals surface area contributed by atoms with Crippen LogP contribution < -0.4 is 10.0 Å². The Morgan fingerprint density at radius 2 is 1.85 bits per heavy atom. The summed E-state index contributed by atoms with van der Waals surface area (Å²) in [6.07, 6.45) is 0.749. The SMILES string of the molecule is CCc1sc(S(=O)(=O)NC(=O)Nc2nc(-c3ccccc3)c(C)s2)cc1C. The Morgan fingerprint density at radius 3 is 2.48 bits per heavy atom. The molecule has 0 spiro atoms. The molecule has 0 radical (unpaired) electrons. The number of aryl methyl sites for hydroxylation is 3. The van der Waals surface area contributed by atoms with Crippen molar-refractivity contribution in [3.05, 3.63) is 51.7 Å². The predicted octanol–water partition coefficient (Wildman–Crippen LogP) is 4.56. The van der Waals surface area contributed by atoms with Crippen LogP contribution in [0.1, 0.15) is 22.2 Å². The lowest BCUT2D eigenvalue weighted by atomic mass is 10.1. The lowest BCUT2D eigenvalue weighted by Gasteiger charge is -2.05. The van der Waals surface area contributed by atoms with E-state index in [9.17, 15) is 13.2 Å². The van der Waals surface area contributed by atoms with Crippen LogP contribution in [0.4, 0.5) is 9.93 Å². The summed E-state index contributed by atoms with van der Waals surface area (Å²) in [6.45, 7) is 5.73. The molecule has 0 aliphatic heterocycles. The molecular weight excluding hydrogens is 402 g/mol. The number of nitrogens with zero attached hydrogens (tertiary/aromatic N) is 1. The molecule has 0 atom stereocenters. The summed E-state index contributed by atoms with van der Waals surface area (Å²) < 4.78 is 27.0. The molecule has 9 heteroatoms. The third-order valence-electron chi connectivity index (χ3n) is 3.88. The molecule has 0 saturated heterocycles. The fourth-order valence-electron chi connectivity index (χ4n) is 2.58. The number of sulfonamides is 1. The van der Waals surface area contributed by atoms with Gasteiger partial charge in [0.2, 0.25) is 0 Å². The number of thiazole rings is 1. The maximum atomic E-state index is 12.4. The number of rotatable bonds is 5. The Bertz CT molecular complexity index is 1070. The number of carbonyl (C=O) groups excluding carboxylic acids is 1. The van der Waals surface area contributed by atoms with E-state index >= 15 is 0 Å². The minimum absolute atomic E-state index is 0.132. The fraction of sp³-hybridized carbons (Fsp3) is 0.222. The molecule has 0 fully saturated rings. The molecule has 6 nitrogen and oxygen atoms in total. The predicted molar refractivity (Wildman–Crippen MR) is 110 cm³/mol. The van der Waals surface area contributed by atoms with Crippen molar-refractivity contribution in [2.24, 2.45) is 0 Å². The van der Waals surface area contributed by atoms with Crippen molar-refractivity contribution in [1.29, 1.82) is 0 Å². The number of anilines is 1. The van der Waals surface area contributed by atoms with E-state index in [2.05, 4.69) is 15.0 Å². The Labute approximate surface area is 166 Å². The highest BCUT2D eigenvalue weighted by molar-refractivity contribution is 7.92. The number of nitrogens with one attached hydrogen (secondary N) is 2. The molecule has 0 saturated carbocycles. The van der Waals surface area contributed by atoms with E-state index in [4.69, 9.17) is 0 Å². The van der Waals surface area contributed by atoms with Crippen molar-refractivity contribution in [3.63, 3.8) is 0 Å². The van der Waals surface area contributed by atoms with Gasteiger partial charge in [-0.3, -0.25) is 5.32 Å². The number of carbonyl (C=O) groups is 1. The lowest BCUT2D eigenvalue weighted by molar-refractivity contribution is 0.256. The zero-order valence-corrected chi connectivity index (χ0v) is 17.5. The summed E-state index contributed by atoms with van der Waals surface area (Å²) in [5.74, 6) is 0. The monoisotopic (exact) mass is 421 g/mol. The van der Waals surface area contributed by atoms with Crippen molar-refractivity contribution in [2.75, 3.05) is 5.32 Å². The zero-order chi connectivity index (χ0) is 19.6. The number of aromatic nitrogens is 1. The molecule has 2 aromatic heterocycles. The van der Waals surface area contributed by atoms with E-state index in [1.807, 2.05) is 51.1 Å². The first-order chi connectivity index (χ1) is 12.8. The van der Waals surface area contributed by atoms with Gasteiger partial charge in [0.15, 0.2) is 5.13 Å². The summed E-state index contributed by atoms with van der Waals surface area (Å²) in [5, 5.41) is 2.86. The van der Waals surface area contributed by atoms with Gasteiger partial charge >= 0.3 is 6.03 Å². The second-order valence-corrected chi connectivity index (χ2v) is 10.1. The molecule has 0 bridgehead atoms. The van der Waals surface area contributed by atoms with Crippen LogP contribution in [0.25, 0.3) is 11.3 Å². The fourth-order valence-corrected chi connectivity index (χ4v) is 5.85. The molecule has 2 amide bonds. The van der Waals surface area contributed by atoms with Gasteiger partial charge < -0.3 is 0 Å². The van der Waals surface area contributed by atoms with Crippen LogP contribution in [0.3, 0.4) is 0 Å². The topological polar surface area (TPSA) is 88.2 Å². The molecule has 27 heavy (non-hydrogen) atoms. The van der Waals surface area contributed by atoms with Gasteiger partial charge in [-0.2, -0.15) is 0 Å². The van der Waals surface area contributed by atoms with E-state index in [0.29, 0.717) is 5.13 Å². The Balaban J connectivity index is 1.74. The van der Waals surface area contributed by atoms with Gasteiger partial charge in [0.1, 0.15) is 4.21 Å². The highest BCUT2D eigenvalue weighted by Crippen LogP contribution is 2.30. The van der Waals surface area contributed by atoms with E-state index in [0.717, 1.165) is 33.0 Å². The first-order valence-corrected chi connectivity index (χ1v) is 11.4. The van der Waals surface area contributed by atoms with Gasteiger partial charge in [-0.25, -0.2) is 22.9 Å². The van der Waals surface area contributed by atoms with Crippen molar-refractivity contribution >= 4 is 43.9 Å². The van der Waals surface area contributed by atoms with Crippen molar-refractivity contribution in [2.45, 2.75) is 31.4 Å². The van der Waals surface area contributed by atoms with Crippen LogP contribution in [0.15, 0.2) is 40.6 Å². The number of thiophene rings is 1. The van der Waals surface area contributed by atoms with Crippen LogP contribution in [-0.2, 0) is 16.4 Å². The maximum absolute atomic E-state index is 12.4. The van der Waals surface area contributed by atoms with Crippen molar-refractivity contribution in [3.8, 4) is 11.3 Å². The standard InChI is InChI=1S/C18H19N3O3S3/c1-4-14-11(2)10-15(26-14)27(23,24)21-17(22)20-18-19-16(12(3)25-18)13-8-6-5-7-9-13/h5-10H,4H2,1-3H3,(H2,19,20,21,22). The van der Waals surface area contributed by atoms with Crippen LogP contribution in [0.5, 0.6) is 0 Å². The average Bonchev–Trinajstić information content (AvgIpc) is 3.18. The minimum Gasteiger partial charge on any atom is -0.283 e. The summed E-state index contributed by atoms with van der Waals surface area (Å²) in [6, 6.07) is 10.4. The molecule has 2 heterocycles. The molecule has 0 aliphatic rings. The van der Waals surface area contributed by atoms with E-state index in [-0.39, 0.29) is 4.21 Å². The quantitative estimate of drug-likeness (QED) is 0.632. The van der Waals surface area contributed by atoms with Crippen LogP contribution >= 0.6 is 22.7 Å².